The van der Waals surface area contributed by atoms with Crippen molar-refractivity contribution in [3.63, 3.8) is 0 Å². The van der Waals surface area contributed by atoms with Gasteiger partial charge in [0.1, 0.15) is 0 Å². The number of aromatic nitrogens is 2. The van der Waals surface area contributed by atoms with Crippen molar-refractivity contribution in [2.75, 3.05) is 5.32 Å². The van der Waals surface area contributed by atoms with E-state index in [4.69, 9.17) is 11.6 Å². The van der Waals surface area contributed by atoms with Gasteiger partial charge in [0.05, 0.1) is 26.9 Å². The molecule has 0 aliphatic carbocycles. The van der Waals surface area contributed by atoms with Gasteiger partial charge in [-0.25, -0.2) is 4.98 Å². The molecule has 7 heteroatoms. The number of para-hydroxylation sites is 2. The smallest absolute Gasteiger partial charge is 0.262 e. The molecule has 1 N–H and O–H groups in total. The Hall–Kier alpha value is -2.31. The van der Waals surface area contributed by atoms with Gasteiger partial charge in [0.2, 0.25) is 5.91 Å². The number of nitrogens with one attached hydrogen (secondary N) is 1. The molecule has 1 aromatic heterocycles. The largest absolute Gasteiger partial charge is 0.324 e. The van der Waals surface area contributed by atoms with Gasteiger partial charge in [0.25, 0.3) is 5.56 Å². The zero-order chi connectivity index (χ0) is 20.1. The number of unbranched alkanes of at least 4 members (excludes halogenated alkanes) is 1. The summed E-state index contributed by atoms with van der Waals surface area (Å²) in [7, 11) is 0. The second kappa shape index (κ2) is 9.26. The SMILES string of the molecule is CCCCn1c(SC(C)C(=O)Nc2ccccc2Cl)nc2ccccc2c1=O. The molecule has 28 heavy (non-hydrogen) atoms. The third-order valence-electron chi connectivity index (χ3n) is 4.35. The van der Waals surface area contributed by atoms with E-state index in [1.807, 2.05) is 30.3 Å². The first-order chi connectivity index (χ1) is 13.5. The Balaban J connectivity index is 1.88. The molecule has 5 nitrogen and oxygen atoms in total. The quantitative estimate of drug-likeness (QED) is 0.437. The minimum absolute atomic E-state index is 0.0692. The Morgan fingerprint density at radius 1 is 1.21 bits per heavy atom. The fraction of sp³-hybridized carbons (Fsp3) is 0.286. The molecule has 0 saturated heterocycles. The number of rotatable bonds is 7. The van der Waals surface area contributed by atoms with Crippen molar-refractivity contribution in [3.8, 4) is 0 Å². The van der Waals surface area contributed by atoms with Crippen LogP contribution in [-0.2, 0) is 11.3 Å². The third kappa shape index (κ3) is 4.56. The van der Waals surface area contributed by atoms with Crippen molar-refractivity contribution in [2.24, 2.45) is 0 Å². The van der Waals surface area contributed by atoms with Crippen LogP contribution in [-0.4, -0.2) is 20.7 Å². The third-order valence-corrected chi connectivity index (χ3v) is 5.76. The number of hydrogen-bond donors (Lipinski definition) is 1. The summed E-state index contributed by atoms with van der Waals surface area (Å²) < 4.78 is 1.68. The van der Waals surface area contributed by atoms with Crippen LogP contribution in [0.1, 0.15) is 26.7 Å². The predicted octanol–water partition coefficient (Wildman–Crippen LogP) is 4.97. The van der Waals surface area contributed by atoms with Gasteiger partial charge >= 0.3 is 0 Å². The summed E-state index contributed by atoms with van der Waals surface area (Å²) in [5.41, 5.74) is 1.14. The van der Waals surface area contributed by atoms with Gasteiger partial charge in [-0.1, -0.05) is 61.0 Å². The van der Waals surface area contributed by atoms with Crippen LogP contribution in [0.25, 0.3) is 10.9 Å². The van der Waals surface area contributed by atoms with E-state index in [0.717, 1.165) is 12.8 Å². The summed E-state index contributed by atoms with van der Waals surface area (Å²) in [5, 5.41) is 4.02. The second-order valence-electron chi connectivity index (χ2n) is 6.45. The minimum Gasteiger partial charge on any atom is -0.324 e. The van der Waals surface area contributed by atoms with Crippen LogP contribution in [0.15, 0.2) is 58.5 Å². The first-order valence-electron chi connectivity index (χ1n) is 9.23. The molecular weight excluding hydrogens is 394 g/mol. The molecule has 3 rings (SSSR count). The molecule has 146 valence electrons. The molecular formula is C21H22ClN3O2S. The first kappa shape index (κ1) is 20.4. The zero-order valence-electron chi connectivity index (χ0n) is 15.8. The molecule has 1 atom stereocenters. The Morgan fingerprint density at radius 2 is 1.93 bits per heavy atom. The lowest BCUT2D eigenvalue weighted by atomic mass is 10.2. The van der Waals surface area contributed by atoms with Gasteiger partial charge in [-0.2, -0.15) is 0 Å². The summed E-state index contributed by atoms with van der Waals surface area (Å²) in [6.07, 6.45) is 1.83. The standard InChI is InChI=1S/C21H22ClN3O2S/c1-3-4-13-25-20(27)15-9-5-7-11-17(15)24-21(25)28-14(2)19(26)23-18-12-8-6-10-16(18)22/h5-12,14H,3-4,13H2,1-2H3,(H,23,26). The van der Waals surface area contributed by atoms with Crippen LogP contribution < -0.4 is 10.9 Å². The van der Waals surface area contributed by atoms with Gasteiger partial charge < -0.3 is 5.32 Å². The number of thioether (sulfide) groups is 1. The van der Waals surface area contributed by atoms with Crippen molar-refractivity contribution in [1.29, 1.82) is 0 Å². The van der Waals surface area contributed by atoms with Gasteiger partial charge in [0.15, 0.2) is 5.16 Å². The van der Waals surface area contributed by atoms with Crippen LogP contribution in [0, 0.1) is 0 Å². The molecule has 3 aromatic rings. The van der Waals surface area contributed by atoms with Crippen LogP contribution in [0.4, 0.5) is 5.69 Å². The lowest BCUT2D eigenvalue weighted by molar-refractivity contribution is -0.115. The number of carbonyl (C=O) groups excluding carboxylic acids is 1. The van der Waals surface area contributed by atoms with Crippen LogP contribution in [0.2, 0.25) is 5.02 Å². The van der Waals surface area contributed by atoms with Crippen LogP contribution in [0.5, 0.6) is 0 Å². The number of nitrogens with zero attached hydrogens (tertiary/aromatic N) is 2. The maximum atomic E-state index is 12.9. The van der Waals surface area contributed by atoms with Gasteiger partial charge in [0, 0.05) is 6.54 Å². The topological polar surface area (TPSA) is 64.0 Å². The molecule has 1 amide bonds. The Bertz CT molecular complexity index is 1050. The molecule has 0 radical (unpaired) electrons. The highest BCUT2D eigenvalue weighted by Gasteiger charge is 2.20. The predicted molar refractivity (Wildman–Crippen MR) is 116 cm³/mol. The lowest BCUT2D eigenvalue weighted by Gasteiger charge is -2.16. The van der Waals surface area contributed by atoms with E-state index in [9.17, 15) is 9.59 Å². The fourth-order valence-corrected chi connectivity index (χ4v) is 3.88. The van der Waals surface area contributed by atoms with Gasteiger partial charge in [-0.05, 0) is 37.6 Å². The van der Waals surface area contributed by atoms with Crippen LogP contribution >= 0.6 is 23.4 Å². The molecule has 0 spiro atoms. The molecule has 1 heterocycles. The summed E-state index contributed by atoms with van der Waals surface area (Å²) >= 11 is 7.40. The number of anilines is 1. The van der Waals surface area contributed by atoms with E-state index >= 15 is 0 Å². The second-order valence-corrected chi connectivity index (χ2v) is 8.17. The number of amides is 1. The molecule has 2 aromatic carbocycles. The number of halogens is 1. The van der Waals surface area contributed by atoms with E-state index in [2.05, 4.69) is 17.2 Å². The summed E-state index contributed by atoms with van der Waals surface area (Å²) in [4.78, 5) is 30.2. The van der Waals surface area contributed by atoms with E-state index in [1.54, 1.807) is 29.7 Å². The van der Waals surface area contributed by atoms with Crippen molar-refractivity contribution in [3.05, 3.63) is 63.9 Å². The Morgan fingerprint density at radius 3 is 2.68 bits per heavy atom. The van der Waals surface area contributed by atoms with Gasteiger partial charge in [-0.3, -0.25) is 14.2 Å². The van der Waals surface area contributed by atoms with E-state index in [1.165, 1.54) is 11.8 Å². The minimum atomic E-state index is -0.447. The average Bonchev–Trinajstić information content (AvgIpc) is 2.69. The molecule has 1 unspecified atom stereocenters. The highest BCUT2D eigenvalue weighted by molar-refractivity contribution is 8.00. The maximum Gasteiger partial charge on any atom is 0.262 e. The van der Waals surface area contributed by atoms with Crippen molar-refractivity contribution in [2.45, 2.75) is 43.6 Å². The number of fused-ring (bicyclic) bond motifs is 1. The van der Waals surface area contributed by atoms with Gasteiger partial charge in [-0.15, -0.1) is 0 Å². The average molecular weight is 416 g/mol. The Kier molecular flexibility index (Phi) is 6.75. The number of carbonyl (C=O) groups is 1. The number of hydrogen-bond acceptors (Lipinski definition) is 4. The highest BCUT2D eigenvalue weighted by Crippen LogP contribution is 2.26. The molecule has 0 bridgehead atoms. The van der Waals surface area contributed by atoms with E-state index in [-0.39, 0.29) is 11.5 Å². The lowest BCUT2D eigenvalue weighted by Crippen LogP contribution is -2.27. The molecule has 0 aliphatic rings. The normalized spacial score (nSPS) is 12.1. The molecule has 0 fully saturated rings. The van der Waals surface area contributed by atoms with E-state index in [0.29, 0.717) is 33.3 Å². The van der Waals surface area contributed by atoms with Crippen molar-refractivity contribution < 1.29 is 4.79 Å². The summed E-state index contributed by atoms with van der Waals surface area (Å²) in [6.45, 7) is 4.45. The molecule has 0 saturated carbocycles. The number of benzene rings is 2. The van der Waals surface area contributed by atoms with Crippen LogP contribution in [0.3, 0.4) is 0 Å². The van der Waals surface area contributed by atoms with Crippen molar-refractivity contribution in [1.82, 2.24) is 9.55 Å². The monoisotopic (exact) mass is 415 g/mol. The first-order valence-corrected chi connectivity index (χ1v) is 10.5. The zero-order valence-corrected chi connectivity index (χ0v) is 17.4. The summed E-state index contributed by atoms with van der Waals surface area (Å²) in [6, 6.07) is 14.4. The molecule has 0 aliphatic heterocycles. The summed E-state index contributed by atoms with van der Waals surface area (Å²) in [5.74, 6) is -0.192. The fourth-order valence-electron chi connectivity index (χ4n) is 2.76. The maximum absolute atomic E-state index is 12.9. The Labute approximate surface area is 173 Å². The van der Waals surface area contributed by atoms with E-state index < -0.39 is 5.25 Å². The highest BCUT2D eigenvalue weighted by atomic mass is 35.5. The van der Waals surface area contributed by atoms with Crippen molar-refractivity contribution >= 4 is 45.9 Å².